The van der Waals surface area contributed by atoms with Gasteiger partial charge in [0.1, 0.15) is 0 Å². The molecule has 0 saturated heterocycles. The number of carbonyl (C=O) groups excluding carboxylic acids is 1. The van der Waals surface area contributed by atoms with E-state index in [0.717, 1.165) is 33.1 Å². The van der Waals surface area contributed by atoms with Gasteiger partial charge in [0.15, 0.2) is 5.75 Å². The average molecular weight is 436 g/mol. The topological polar surface area (TPSA) is 71.1 Å². The van der Waals surface area contributed by atoms with Gasteiger partial charge < -0.3 is 14.6 Å². The zero-order valence-corrected chi connectivity index (χ0v) is 16.6. The first-order chi connectivity index (χ1) is 12.5. The van der Waals surface area contributed by atoms with Crippen LogP contribution in [0.1, 0.15) is 34.8 Å². The van der Waals surface area contributed by atoms with Gasteiger partial charge in [0.25, 0.3) is 5.91 Å². The van der Waals surface area contributed by atoms with Crippen LogP contribution in [0.3, 0.4) is 0 Å². The van der Waals surface area contributed by atoms with Crippen LogP contribution >= 0.6 is 27.5 Å². The molecule has 0 unspecified atom stereocenters. The third-order valence-electron chi connectivity index (χ3n) is 4.79. The van der Waals surface area contributed by atoms with Crippen LogP contribution in [0.2, 0.25) is 5.02 Å². The molecule has 0 aliphatic carbocycles. The maximum absolute atomic E-state index is 12.9. The van der Waals surface area contributed by atoms with E-state index in [2.05, 4.69) is 30.9 Å². The molecule has 26 heavy (non-hydrogen) atoms. The van der Waals surface area contributed by atoms with E-state index in [1.807, 2.05) is 19.1 Å². The fraction of sp³-hybridized carbons (Fsp3) is 0.278. The Balaban J connectivity index is 1.72. The molecule has 6 nitrogen and oxygen atoms in total. The van der Waals surface area contributed by atoms with Crippen molar-refractivity contribution in [2.45, 2.75) is 19.4 Å². The molecule has 2 aromatic heterocycles. The number of hydrogen-bond donors (Lipinski definition) is 1. The molecule has 1 aliphatic rings. The summed E-state index contributed by atoms with van der Waals surface area (Å²) in [6.45, 7) is 2.61. The predicted molar refractivity (Wildman–Crippen MR) is 103 cm³/mol. The smallest absolute Gasteiger partial charge is 0.292 e. The van der Waals surface area contributed by atoms with Crippen LogP contribution in [0, 0.1) is 0 Å². The molecule has 1 aliphatic heterocycles. The minimum absolute atomic E-state index is 0.108. The van der Waals surface area contributed by atoms with E-state index < -0.39 is 0 Å². The van der Waals surface area contributed by atoms with Crippen LogP contribution in [0.4, 0.5) is 0 Å². The van der Waals surface area contributed by atoms with Crippen molar-refractivity contribution in [2.24, 2.45) is 0 Å². The Morgan fingerprint density at radius 3 is 2.81 bits per heavy atom. The number of hydrogen-bond acceptors (Lipinski definition) is 4. The van der Waals surface area contributed by atoms with Gasteiger partial charge in [0, 0.05) is 34.1 Å². The highest BCUT2D eigenvalue weighted by molar-refractivity contribution is 9.10. The molecule has 1 aromatic carbocycles. The lowest BCUT2D eigenvalue weighted by molar-refractivity contribution is 0.0665. The van der Waals surface area contributed by atoms with Crippen molar-refractivity contribution < 1.29 is 9.53 Å². The lowest BCUT2D eigenvalue weighted by atomic mass is 9.97. The van der Waals surface area contributed by atoms with Gasteiger partial charge >= 0.3 is 0 Å². The standard InChI is InChI=1S/C18H16BrClN4O2/c1-9-14-11-3-4-12(19)15(20)16(11)23-13(14)5-6-24(9)18(25)17-21-7-10(26-2)8-22-17/h3-4,7-9,23H,5-6H2,1-2H3/t9-/m0/s1. The second kappa shape index (κ2) is 6.55. The molecule has 1 amide bonds. The second-order valence-electron chi connectivity index (χ2n) is 6.17. The fourth-order valence-electron chi connectivity index (χ4n) is 3.47. The number of aromatic amines is 1. The van der Waals surface area contributed by atoms with Gasteiger partial charge in [-0.2, -0.15) is 0 Å². The third kappa shape index (κ3) is 2.66. The number of halogens is 2. The van der Waals surface area contributed by atoms with E-state index in [1.54, 1.807) is 4.90 Å². The first kappa shape index (κ1) is 17.3. The summed E-state index contributed by atoms with van der Waals surface area (Å²) in [6, 6.07) is 3.84. The molecule has 134 valence electrons. The van der Waals surface area contributed by atoms with Crippen molar-refractivity contribution in [1.82, 2.24) is 19.9 Å². The average Bonchev–Trinajstić information content (AvgIpc) is 3.05. The van der Waals surface area contributed by atoms with Crippen molar-refractivity contribution in [2.75, 3.05) is 13.7 Å². The first-order valence-electron chi connectivity index (χ1n) is 8.16. The number of fused-ring (bicyclic) bond motifs is 3. The molecule has 1 N–H and O–H groups in total. The highest BCUT2D eigenvalue weighted by Crippen LogP contribution is 2.40. The molecular weight excluding hydrogens is 420 g/mol. The quantitative estimate of drug-likeness (QED) is 0.657. The number of nitrogens with one attached hydrogen (secondary N) is 1. The predicted octanol–water partition coefficient (Wildman–Crippen LogP) is 4.14. The van der Waals surface area contributed by atoms with Gasteiger partial charge in [-0.1, -0.05) is 17.7 Å². The van der Waals surface area contributed by atoms with E-state index >= 15 is 0 Å². The lowest BCUT2D eigenvalue weighted by Crippen LogP contribution is -2.39. The second-order valence-corrected chi connectivity index (χ2v) is 7.40. The lowest BCUT2D eigenvalue weighted by Gasteiger charge is -2.33. The number of ether oxygens (including phenoxy) is 1. The van der Waals surface area contributed by atoms with Crippen molar-refractivity contribution in [3.8, 4) is 5.75 Å². The molecule has 4 rings (SSSR count). The largest absolute Gasteiger partial charge is 0.494 e. The molecule has 3 aromatic rings. The zero-order chi connectivity index (χ0) is 18.4. The Hall–Kier alpha value is -2.12. The number of methoxy groups -OCH3 is 1. The number of amides is 1. The number of nitrogens with zero attached hydrogens (tertiary/aromatic N) is 3. The minimum atomic E-state index is -0.191. The number of rotatable bonds is 2. The van der Waals surface area contributed by atoms with Gasteiger partial charge in [-0.15, -0.1) is 0 Å². The van der Waals surface area contributed by atoms with Crippen molar-refractivity contribution in [3.63, 3.8) is 0 Å². The summed E-state index contributed by atoms with van der Waals surface area (Å²) in [4.78, 5) is 26.4. The Morgan fingerprint density at radius 1 is 1.38 bits per heavy atom. The van der Waals surface area contributed by atoms with Gasteiger partial charge in [0.05, 0.1) is 36.1 Å². The minimum Gasteiger partial charge on any atom is -0.494 e. The highest BCUT2D eigenvalue weighted by Gasteiger charge is 2.32. The van der Waals surface area contributed by atoms with E-state index in [9.17, 15) is 4.79 Å². The number of benzene rings is 1. The highest BCUT2D eigenvalue weighted by atomic mass is 79.9. The Bertz CT molecular complexity index is 1000. The summed E-state index contributed by atoms with van der Waals surface area (Å²) in [5.74, 6) is 0.498. The van der Waals surface area contributed by atoms with Crippen LogP contribution < -0.4 is 4.74 Å². The van der Waals surface area contributed by atoms with Crippen LogP contribution in [0.25, 0.3) is 10.9 Å². The third-order valence-corrected chi connectivity index (χ3v) is 6.07. The van der Waals surface area contributed by atoms with E-state index in [0.29, 0.717) is 17.3 Å². The molecular formula is C18H16BrClN4O2. The Morgan fingerprint density at radius 2 is 2.12 bits per heavy atom. The molecule has 8 heteroatoms. The Kier molecular flexibility index (Phi) is 4.36. The summed E-state index contributed by atoms with van der Waals surface area (Å²) >= 11 is 9.89. The summed E-state index contributed by atoms with van der Waals surface area (Å²) in [7, 11) is 1.54. The molecule has 1 atom stereocenters. The maximum Gasteiger partial charge on any atom is 0.292 e. The van der Waals surface area contributed by atoms with Crippen LogP contribution in [0.5, 0.6) is 5.75 Å². The molecule has 3 heterocycles. The van der Waals surface area contributed by atoms with Gasteiger partial charge in [0.2, 0.25) is 5.82 Å². The SMILES string of the molecule is COc1cnc(C(=O)N2CCc3[nH]c4c(Cl)c(Br)ccc4c3[C@@H]2C)nc1. The van der Waals surface area contributed by atoms with Crippen molar-refractivity contribution in [1.29, 1.82) is 0 Å². The van der Waals surface area contributed by atoms with Gasteiger partial charge in [-0.25, -0.2) is 9.97 Å². The van der Waals surface area contributed by atoms with E-state index in [-0.39, 0.29) is 17.8 Å². The zero-order valence-electron chi connectivity index (χ0n) is 14.2. The number of carbonyl (C=O) groups is 1. The van der Waals surface area contributed by atoms with Crippen molar-refractivity contribution >= 4 is 44.3 Å². The van der Waals surface area contributed by atoms with Crippen molar-refractivity contribution in [3.05, 3.63) is 51.1 Å². The van der Waals surface area contributed by atoms with Crippen LogP contribution in [-0.2, 0) is 6.42 Å². The van der Waals surface area contributed by atoms with E-state index in [4.69, 9.17) is 16.3 Å². The van der Waals surface area contributed by atoms with Crippen LogP contribution in [-0.4, -0.2) is 39.4 Å². The van der Waals surface area contributed by atoms with Gasteiger partial charge in [-0.3, -0.25) is 4.79 Å². The van der Waals surface area contributed by atoms with E-state index in [1.165, 1.54) is 19.5 Å². The molecule has 0 spiro atoms. The van der Waals surface area contributed by atoms with Gasteiger partial charge in [-0.05, 0) is 28.9 Å². The maximum atomic E-state index is 12.9. The Labute approximate surface area is 163 Å². The number of H-pyrrole nitrogens is 1. The van der Waals surface area contributed by atoms with Crippen LogP contribution in [0.15, 0.2) is 29.0 Å². The molecule has 0 bridgehead atoms. The fourth-order valence-corrected chi connectivity index (χ4v) is 4.01. The monoisotopic (exact) mass is 434 g/mol. The molecule has 0 saturated carbocycles. The molecule has 0 radical (unpaired) electrons. The summed E-state index contributed by atoms with van der Waals surface area (Å²) in [5, 5.41) is 1.69. The first-order valence-corrected chi connectivity index (χ1v) is 9.33. The number of aromatic nitrogens is 3. The normalized spacial score (nSPS) is 16.6. The summed E-state index contributed by atoms with van der Waals surface area (Å²) in [6.07, 6.45) is 3.73. The summed E-state index contributed by atoms with van der Waals surface area (Å²) in [5.41, 5.74) is 3.11. The summed E-state index contributed by atoms with van der Waals surface area (Å²) < 4.78 is 5.90. The molecule has 0 fully saturated rings.